The standard InChI is InChI=1S/C21H28ClNO2/c1-6-24-19-11-17(13-23-21(3,4)5)18(22)12-20(19)25-14-16-9-7-15(2)8-10-16/h7-12,23H,6,13-14H2,1-5H3. The van der Waals surface area contributed by atoms with E-state index >= 15 is 0 Å². The Hall–Kier alpha value is -1.71. The molecule has 0 amide bonds. The lowest BCUT2D eigenvalue weighted by Crippen LogP contribution is -2.35. The van der Waals surface area contributed by atoms with Crippen LogP contribution in [0.15, 0.2) is 36.4 Å². The predicted octanol–water partition coefficient (Wildman–Crippen LogP) is 5.51. The van der Waals surface area contributed by atoms with Crippen molar-refractivity contribution in [3.63, 3.8) is 0 Å². The van der Waals surface area contributed by atoms with Crippen LogP contribution in [0.1, 0.15) is 44.4 Å². The molecule has 0 unspecified atom stereocenters. The molecule has 3 nitrogen and oxygen atoms in total. The van der Waals surface area contributed by atoms with Gasteiger partial charge in [-0.25, -0.2) is 0 Å². The van der Waals surface area contributed by atoms with E-state index in [1.165, 1.54) is 5.56 Å². The van der Waals surface area contributed by atoms with Crippen molar-refractivity contribution >= 4 is 11.6 Å². The van der Waals surface area contributed by atoms with E-state index in [1.807, 2.05) is 19.1 Å². The highest BCUT2D eigenvalue weighted by atomic mass is 35.5. The molecular weight excluding hydrogens is 334 g/mol. The fourth-order valence-corrected chi connectivity index (χ4v) is 2.52. The van der Waals surface area contributed by atoms with E-state index in [-0.39, 0.29) is 5.54 Å². The molecule has 136 valence electrons. The Kier molecular flexibility index (Phi) is 6.74. The number of nitrogens with one attached hydrogen (secondary N) is 1. The number of hydrogen-bond acceptors (Lipinski definition) is 3. The SMILES string of the molecule is CCOc1cc(CNC(C)(C)C)c(Cl)cc1OCc1ccc(C)cc1. The third-order valence-electron chi connectivity index (χ3n) is 3.74. The normalized spacial score (nSPS) is 11.4. The Balaban J connectivity index is 2.15. The highest BCUT2D eigenvalue weighted by molar-refractivity contribution is 6.31. The summed E-state index contributed by atoms with van der Waals surface area (Å²) in [4.78, 5) is 0. The molecule has 2 aromatic rings. The quantitative estimate of drug-likeness (QED) is 0.704. The Morgan fingerprint density at radius 1 is 1.00 bits per heavy atom. The maximum Gasteiger partial charge on any atom is 0.163 e. The first kappa shape index (κ1) is 19.6. The summed E-state index contributed by atoms with van der Waals surface area (Å²) in [5.41, 5.74) is 3.37. The van der Waals surface area contributed by atoms with Crippen LogP contribution >= 0.6 is 11.6 Å². The van der Waals surface area contributed by atoms with E-state index in [1.54, 1.807) is 0 Å². The van der Waals surface area contributed by atoms with E-state index in [9.17, 15) is 0 Å². The van der Waals surface area contributed by atoms with Crippen LogP contribution in [0.2, 0.25) is 5.02 Å². The molecule has 0 bridgehead atoms. The van der Waals surface area contributed by atoms with Gasteiger partial charge in [0.2, 0.25) is 0 Å². The topological polar surface area (TPSA) is 30.5 Å². The third-order valence-corrected chi connectivity index (χ3v) is 4.09. The van der Waals surface area contributed by atoms with E-state index in [0.717, 1.165) is 16.9 Å². The molecule has 0 atom stereocenters. The summed E-state index contributed by atoms with van der Waals surface area (Å²) < 4.78 is 11.7. The summed E-state index contributed by atoms with van der Waals surface area (Å²) in [5.74, 6) is 1.40. The average molecular weight is 362 g/mol. The van der Waals surface area contributed by atoms with Crippen LogP contribution in [0, 0.1) is 6.92 Å². The average Bonchev–Trinajstić information content (AvgIpc) is 2.54. The maximum atomic E-state index is 6.46. The van der Waals surface area contributed by atoms with Gasteiger partial charge in [-0.1, -0.05) is 41.4 Å². The van der Waals surface area contributed by atoms with Gasteiger partial charge in [0.25, 0.3) is 0 Å². The fourth-order valence-electron chi connectivity index (χ4n) is 2.30. The van der Waals surface area contributed by atoms with Gasteiger partial charge in [-0.3, -0.25) is 0 Å². The molecule has 0 aliphatic heterocycles. The van der Waals surface area contributed by atoms with Gasteiger partial charge in [0.05, 0.1) is 6.61 Å². The molecule has 25 heavy (non-hydrogen) atoms. The van der Waals surface area contributed by atoms with Gasteiger partial charge in [-0.05, 0) is 51.8 Å². The second-order valence-corrected chi connectivity index (χ2v) is 7.61. The molecule has 0 fully saturated rings. The van der Waals surface area contributed by atoms with Crippen molar-refractivity contribution in [2.75, 3.05) is 6.61 Å². The Morgan fingerprint density at radius 2 is 1.64 bits per heavy atom. The van der Waals surface area contributed by atoms with Crippen LogP contribution in [0.25, 0.3) is 0 Å². The summed E-state index contributed by atoms with van der Waals surface area (Å²) in [6.07, 6.45) is 0. The van der Waals surface area contributed by atoms with Crippen LogP contribution in [0.5, 0.6) is 11.5 Å². The van der Waals surface area contributed by atoms with Gasteiger partial charge < -0.3 is 14.8 Å². The van der Waals surface area contributed by atoms with Crippen molar-refractivity contribution in [3.8, 4) is 11.5 Å². The molecule has 0 aliphatic rings. The van der Waals surface area contributed by atoms with E-state index in [4.69, 9.17) is 21.1 Å². The van der Waals surface area contributed by atoms with Crippen LogP contribution in [-0.2, 0) is 13.2 Å². The number of rotatable bonds is 7. The Morgan fingerprint density at radius 3 is 2.24 bits per heavy atom. The zero-order valence-electron chi connectivity index (χ0n) is 15.8. The first-order chi connectivity index (χ1) is 11.8. The highest BCUT2D eigenvalue weighted by Crippen LogP contribution is 2.34. The molecule has 0 spiro atoms. The van der Waals surface area contributed by atoms with E-state index in [0.29, 0.717) is 30.5 Å². The molecular formula is C21H28ClNO2. The van der Waals surface area contributed by atoms with Crippen molar-refractivity contribution in [2.24, 2.45) is 0 Å². The summed E-state index contributed by atoms with van der Waals surface area (Å²) in [5, 5.41) is 4.13. The third kappa shape index (κ3) is 6.26. The van der Waals surface area contributed by atoms with Crippen molar-refractivity contribution in [1.29, 1.82) is 0 Å². The lowest BCUT2D eigenvalue weighted by Gasteiger charge is -2.22. The van der Waals surface area contributed by atoms with Crippen LogP contribution < -0.4 is 14.8 Å². The minimum absolute atomic E-state index is 0.0235. The van der Waals surface area contributed by atoms with E-state index < -0.39 is 0 Å². The monoisotopic (exact) mass is 361 g/mol. The summed E-state index contributed by atoms with van der Waals surface area (Å²) in [7, 11) is 0. The van der Waals surface area contributed by atoms with Gasteiger partial charge >= 0.3 is 0 Å². The first-order valence-electron chi connectivity index (χ1n) is 8.67. The first-order valence-corrected chi connectivity index (χ1v) is 9.05. The van der Waals surface area contributed by atoms with Gasteiger partial charge in [0, 0.05) is 23.2 Å². The number of benzene rings is 2. The van der Waals surface area contributed by atoms with Crippen molar-refractivity contribution in [3.05, 3.63) is 58.1 Å². The number of ether oxygens (including phenoxy) is 2. The van der Waals surface area contributed by atoms with Crippen LogP contribution in [0.3, 0.4) is 0 Å². The molecule has 0 saturated heterocycles. The van der Waals surface area contributed by atoms with Gasteiger partial charge in [0.1, 0.15) is 6.61 Å². The fraction of sp³-hybridized carbons (Fsp3) is 0.429. The minimum atomic E-state index is 0.0235. The largest absolute Gasteiger partial charge is 0.490 e. The molecule has 2 rings (SSSR count). The second kappa shape index (κ2) is 8.59. The van der Waals surface area contributed by atoms with Crippen molar-refractivity contribution in [1.82, 2.24) is 5.32 Å². The number of aryl methyl sites for hydroxylation is 1. The van der Waals surface area contributed by atoms with Crippen molar-refractivity contribution in [2.45, 2.75) is 53.3 Å². The van der Waals surface area contributed by atoms with Gasteiger partial charge in [-0.2, -0.15) is 0 Å². The Labute approximate surface area is 156 Å². The zero-order valence-corrected chi connectivity index (χ0v) is 16.5. The molecule has 0 heterocycles. The van der Waals surface area contributed by atoms with Crippen LogP contribution in [-0.4, -0.2) is 12.1 Å². The molecule has 0 saturated carbocycles. The zero-order chi connectivity index (χ0) is 18.4. The molecule has 4 heteroatoms. The van der Waals surface area contributed by atoms with Crippen LogP contribution in [0.4, 0.5) is 0 Å². The highest BCUT2D eigenvalue weighted by Gasteiger charge is 2.14. The maximum absolute atomic E-state index is 6.46. The van der Waals surface area contributed by atoms with Crippen molar-refractivity contribution < 1.29 is 9.47 Å². The molecule has 2 aromatic carbocycles. The number of hydrogen-bond donors (Lipinski definition) is 1. The summed E-state index contributed by atoms with van der Waals surface area (Å²) in [6, 6.07) is 12.1. The minimum Gasteiger partial charge on any atom is -0.490 e. The lowest BCUT2D eigenvalue weighted by molar-refractivity contribution is 0.269. The Bertz CT molecular complexity index is 690. The second-order valence-electron chi connectivity index (χ2n) is 7.20. The molecule has 1 N–H and O–H groups in total. The number of halogens is 1. The van der Waals surface area contributed by atoms with E-state index in [2.05, 4.69) is 57.3 Å². The van der Waals surface area contributed by atoms with Gasteiger partial charge in [0.15, 0.2) is 11.5 Å². The molecule has 0 aliphatic carbocycles. The molecule has 0 radical (unpaired) electrons. The summed E-state index contributed by atoms with van der Waals surface area (Å²) >= 11 is 6.46. The lowest BCUT2D eigenvalue weighted by atomic mass is 10.1. The summed E-state index contributed by atoms with van der Waals surface area (Å²) in [6.45, 7) is 12.2. The van der Waals surface area contributed by atoms with Gasteiger partial charge in [-0.15, -0.1) is 0 Å². The molecule has 0 aromatic heterocycles. The predicted molar refractivity (Wildman–Crippen MR) is 105 cm³/mol. The smallest absolute Gasteiger partial charge is 0.163 e.